The lowest BCUT2D eigenvalue weighted by Gasteiger charge is -2.20. The van der Waals surface area contributed by atoms with E-state index in [2.05, 4.69) is 37.1 Å². The summed E-state index contributed by atoms with van der Waals surface area (Å²) in [6, 6.07) is 3.92. The van der Waals surface area contributed by atoms with Crippen molar-refractivity contribution in [1.29, 1.82) is 0 Å². The maximum absolute atomic E-state index is 5.60. The number of aryl methyl sites for hydroxylation is 1. The average Bonchev–Trinajstić information content (AvgIpc) is 2.07. The summed E-state index contributed by atoms with van der Waals surface area (Å²) in [5.41, 5.74) is 8.07. The van der Waals surface area contributed by atoms with Gasteiger partial charge in [0.15, 0.2) is 0 Å². The van der Waals surface area contributed by atoms with Crippen molar-refractivity contribution in [3.8, 4) is 0 Å². The van der Waals surface area contributed by atoms with Crippen LogP contribution in [-0.2, 0) is 6.42 Å². The van der Waals surface area contributed by atoms with Crippen LogP contribution in [0.3, 0.4) is 0 Å². The Morgan fingerprint density at radius 1 is 1.33 bits per heavy atom. The first-order valence-corrected chi connectivity index (χ1v) is 5.35. The van der Waals surface area contributed by atoms with Crippen molar-refractivity contribution in [2.24, 2.45) is 0 Å². The molecule has 0 amide bonds. The lowest BCUT2D eigenvalue weighted by atomic mass is 10.1. The number of hydrogen-bond donors (Lipinski definition) is 2. The van der Waals surface area contributed by atoms with Gasteiger partial charge in [-0.1, -0.05) is 6.07 Å². The molecule has 15 heavy (non-hydrogen) atoms. The van der Waals surface area contributed by atoms with Crippen LogP contribution in [0.2, 0.25) is 0 Å². The summed E-state index contributed by atoms with van der Waals surface area (Å²) in [7, 11) is 0. The van der Waals surface area contributed by atoms with Crippen LogP contribution in [-0.4, -0.2) is 17.1 Å². The topological polar surface area (TPSA) is 50.9 Å². The molecule has 0 atom stereocenters. The number of nitrogen functional groups attached to an aromatic ring is 1. The van der Waals surface area contributed by atoms with Crippen molar-refractivity contribution in [3.63, 3.8) is 0 Å². The molecule has 0 aliphatic heterocycles. The monoisotopic (exact) mass is 207 g/mol. The van der Waals surface area contributed by atoms with E-state index in [0.717, 1.165) is 18.7 Å². The van der Waals surface area contributed by atoms with Crippen LogP contribution in [0.15, 0.2) is 12.1 Å². The van der Waals surface area contributed by atoms with E-state index in [1.807, 2.05) is 13.0 Å². The molecule has 1 aromatic rings. The maximum atomic E-state index is 5.60. The van der Waals surface area contributed by atoms with Gasteiger partial charge in [-0.3, -0.25) is 0 Å². The predicted octanol–water partition coefficient (Wildman–Crippen LogP) is 1.90. The smallest absolute Gasteiger partial charge is 0.123 e. The largest absolute Gasteiger partial charge is 0.384 e. The number of nitrogens with two attached hydrogens (primary N) is 1. The van der Waals surface area contributed by atoms with E-state index in [9.17, 15) is 0 Å². The predicted molar refractivity (Wildman–Crippen MR) is 64.8 cm³/mol. The highest BCUT2D eigenvalue weighted by Crippen LogP contribution is 2.09. The van der Waals surface area contributed by atoms with Gasteiger partial charge in [0.2, 0.25) is 0 Å². The molecule has 0 aliphatic rings. The first-order chi connectivity index (χ1) is 6.88. The number of rotatable bonds is 3. The molecule has 3 N–H and O–H groups in total. The highest BCUT2D eigenvalue weighted by atomic mass is 14.9. The molecule has 1 heterocycles. The molecule has 0 saturated heterocycles. The molecule has 0 aliphatic carbocycles. The molecular formula is C12H21N3. The number of aromatic nitrogens is 1. The minimum atomic E-state index is 0.176. The van der Waals surface area contributed by atoms with Gasteiger partial charge in [0.25, 0.3) is 0 Å². The Kier molecular flexibility index (Phi) is 3.69. The Bertz CT molecular complexity index is 326. The van der Waals surface area contributed by atoms with Crippen molar-refractivity contribution in [3.05, 3.63) is 23.4 Å². The minimum absolute atomic E-state index is 0.176. The normalized spacial score (nSPS) is 11.7. The zero-order valence-electron chi connectivity index (χ0n) is 10.1. The quantitative estimate of drug-likeness (QED) is 0.796. The first-order valence-electron chi connectivity index (χ1n) is 5.35. The Morgan fingerprint density at radius 3 is 2.53 bits per heavy atom. The molecule has 0 unspecified atom stereocenters. The van der Waals surface area contributed by atoms with E-state index in [4.69, 9.17) is 5.73 Å². The Labute approximate surface area is 92.1 Å². The molecule has 3 nitrogen and oxygen atoms in total. The van der Waals surface area contributed by atoms with Crippen LogP contribution in [0.5, 0.6) is 0 Å². The summed E-state index contributed by atoms with van der Waals surface area (Å²) in [5, 5.41) is 3.45. The number of pyridine rings is 1. The second kappa shape index (κ2) is 4.62. The van der Waals surface area contributed by atoms with Gasteiger partial charge in [-0.15, -0.1) is 0 Å². The molecule has 0 saturated carbocycles. The summed E-state index contributed by atoms with van der Waals surface area (Å²) >= 11 is 0. The fraction of sp³-hybridized carbons (Fsp3) is 0.583. The highest BCUT2D eigenvalue weighted by molar-refractivity contribution is 5.33. The van der Waals surface area contributed by atoms with Crippen molar-refractivity contribution in [2.45, 2.75) is 39.7 Å². The first kappa shape index (κ1) is 12.0. The molecule has 0 radical (unpaired) electrons. The lowest BCUT2D eigenvalue weighted by Crippen LogP contribution is -2.37. The van der Waals surface area contributed by atoms with E-state index >= 15 is 0 Å². The van der Waals surface area contributed by atoms with E-state index in [0.29, 0.717) is 5.82 Å². The van der Waals surface area contributed by atoms with Gasteiger partial charge < -0.3 is 11.1 Å². The number of nitrogens with zero attached hydrogens (tertiary/aromatic N) is 1. The van der Waals surface area contributed by atoms with Gasteiger partial charge in [-0.2, -0.15) is 0 Å². The SMILES string of the molecule is Cc1nc(N)ccc1CCNC(C)(C)C. The maximum Gasteiger partial charge on any atom is 0.123 e. The fourth-order valence-electron chi connectivity index (χ4n) is 1.45. The molecule has 84 valence electrons. The standard InChI is InChI=1S/C12H21N3/c1-9-10(5-6-11(13)15-9)7-8-14-12(2,3)4/h5-6,14H,7-8H2,1-4H3,(H2,13,15). The van der Waals surface area contributed by atoms with Crippen LogP contribution in [0.4, 0.5) is 5.82 Å². The second-order valence-corrected chi connectivity index (χ2v) is 4.91. The molecule has 3 heteroatoms. The molecule has 1 aromatic heterocycles. The zero-order valence-corrected chi connectivity index (χ0v) is 10.1. The van der Waals surface area contributed by atoms with Gasteiger partial charge in [-0.25, -0.2) is 4.98 Å². The minimum Gasteiger partial charge on any atom is -0.384 e. The van der Waals surface area contributed by atoms with Crippen molar-refractivity contribution in [1.82, 2.24) is 10.3 Å². The van der Waals surface area contributed by atoms with Crippen LogP contribution in [0.1, 0.15) is 32.0 Å². The highest BCUT2D eigenvalue weighted by Gasteiger charge is 2.08. The zero-order chi connectivity index (χ0) is 11.5. The third kappa shape index (κ3) is 4.30. The average molecular weight is 207 g/mol. The summed E-state index contributed by atoms with van der Waals surface area (Å²) in [6.07, 6.45) is 0.996. The Morgan fingerprint density at radius 2 is 2.00 bits per heavy atom. The summed E-state index contributed by atoms with van der Waals surface area (Å²) in [4.78, 5) is 4.24. The van der Waals surface area contributed by atoms with E-state index < -0.39 is 0 Å². The number of hydrogen-bond acceptors (Lipinski definition) is 3. The molecular weight excluding hydrogens is 186 g/mol. The molecule has 0 aromatic carbocycles. The summed E-state index contributed by atoms with van der Waals surface area (Å²) < 4.78 is 0. The van der Waals surface area contributed by atoms with E-state index in [1.54, 1.807) is 0 Å². The van der Waals surface area contributed by atoms with Crippen LogP contribution >= 0.6 is 0 Å². The third-order valence-corrected chi connectivity index (χ3v) is 2.27. The molecule has 0 fully saturated rings. The van der Waals surface area contributed by atoms with E-state index in [-0.39, 0.29) is 5.54 Å². The molecule has 0 bridgehead atoms. The lowest BCUT2D eigenvalue weighted by molar-refractivity contribution is 0.429. The summed E-state index contributed by atoms with van der Waals surface area (Å²) in [6.45, 7) is 9.47. The van der Waals surface area contributed by atoms with Gasteiger partial charge in [0.05, 0.1) is 0 Å². The number of nitrogens with one attached hydrogen (secondary N) is 1. The fourth-order valence-corrected chi connectivity index (χ4v) is 1.45. The molecule has 1 rings (SSSR count). The van der Waals surface area contributed by atoms with Crippen LogP contribution in [0, 0.1) is 6.92 Å². The Balaban J connectivity index is 2.51. The van der Waals surface area contributed by atoms with Crippen molar-refractivity contribution in [2.75, 3.05) is 12.3 Å². The van der Waals surface area contributed by atoms with Gasteiger partial charge in [-0.05, 0) is 52.3 Å². The van der Waals surface area contributed by atoms with Crippen molar-refractivity contribution < 1.29 is 0 Å². The van der Waals surface area contributed by atoms with Gasteiger partial charge in [0.1, 0.15) is 5.82 Å². The van der Waals surface area contributed by atoms with Crippen LogP contribution in [0.25, 0.3) is 0 Å². The number of anilines is 1. The molecule has 0 spiro atoms. The summed E-state index contributed by atoms with van der Waals surface area (Å²) in [5.74, 6) is 0.597. The Hall–Kier alpha value is -1.09. The van der Waals surface area contributed by atoms with Crippen LogP contribution < -0.4 is 11.1 Å². The van der Waals surface area contributed by atoms with Gasteiger partial charge >= 0.3 is 0 Å². The van der Waals surface area contributed by atoms with E-state index in [1.165, 1.54) is 5.56 Å². The van der Waals surface area contributed by atoms with Crippen molar-refractivity contribution >= 4 is 5.82 Å². The third-order valence-electron chi connectivity index (χ3n) is 2.27. The second-order valence-electron chi connectivity index (χ2n) is 4.91. The van der Waals surface area contributed by atoms with Gasteiger partial charge in [0, 0.05) is 11.2 Å².